The molecule has 0 unspecified atom stereocenters. The summed E-state index contributed by atoms with van der Waals surface area (Å²) >= 11 is 0. The SMILES string of the molecule is Cc1cc2c(nc1N1CC[C@H](Oc3cccc(C#N)c3)[C@@H](F)C1)CNC2=O. The first-order valence-electron chi connectivity index (χ1n) is 8.89. The van der Waals surface area contributed by atoms with Gasteiger partial charge in [0.25, 0.3) is 5.91 Å². The van der Waals surface area contributed by atoms with Crippen molar-refractivity contribution in [2.45, 2.75) is 32.2 Å². The van der Waals surface area contributed by atoms with Gasteiger partial charge in [0, 0.05) is 13.0 Å². The number of nitrogens with zero attached hydrogens (tertiary/aromatic N) is 3. The van der Waals surface area contributed by atoms with Crippen molar-refractivity contribution in [1.82, 2.24) is 10.3 Å². The number of aryl methyl sites for hydroxylation is 1. The number of amides is 1. The number of fused-ring (bicyclic) bond motifs is 1. The second kappa shape index (κ2) is 6.88. The number of carbonyl (C=O) groups is 1. The number of carbonyl (C=O) groups excluding carboxylic acids is 1. The van der Waals surface area contributed by atoms with E-state index in [0.717, 1.165) is 11.4 Å². The van der Waals surface area contributed by atoms with Crippen molar-refractivity contribution in [2.75, 3.05) is 18.0 Å². The molecule has 1 aromatic carbocycles. The van der Waals surface area contributed by atoms with E-state index >= 15 is 0 Å². The van der Waals surface area contributed by atoms with Gasteiger partial charge in [-0.1, -0.05) is 6.07 Å². The van der Waals surface area contributed by atoms with Gasteiger partial charge in [-0.3, -0.25) is 4.79 Å². The lowest BCUT2D eigenvalue weighted by atomic mass is 10.0. The fraction of sp³-hybridized carbons (Fsp3) is 0.350. The van der Waals surface area contributed by atoms with E-state index in [1.165, 1.54) is 0 Å². The van der Waals surface area contributed by atoms with Gasteiger partial charge in [0.15, 0.2) is 6.17 Å². The summed E-state index contributed by atoms with van der Waals surface area (Å²) in [6.45, 7) is 3.08. The molecular formula is C20H19FN4O2. The van der Waals surface area contributed by atoms with Crippen LogP contribution in [0, 0.1) is 18.3 Å². The number of hydrogen-bond acceptors (Lipinski definition) is 5. The quantitative estimate of drug-likeness (QED) is 0.903. The van der Waals surface area contributed by atoms with E-state index in [9.17, 15) is 9.18 Å². The lowest BCUT2D eigenvalue weighted by Gasteiger charge is -2.36. The molecule has 6 nitrogen and oxygen atoms in total. The minimum Gasteiger partial charge on any atom is -0.487 e. The van der Waals surface area contributed by atoms with Crippen LogP contribution in [0.15, 0.2) is 30.3 Å². The van der Waals surface area contributed by atoms with Gasteiger partial charge < -0.3 is 15.0 Å². The molecule has 0 bridgehead atoms. The molecule has 1 saturated heterocycles. The Morgan fingerprint density at radius 1 is 1.41 bits per heavy atom. The van der Waals surface area contributed by atoms with Crippen molar-refractivity contribution in [3.05, 3.63) is 52.7 Å². The van der Waals surface area contributed by atoms with Crippen LogP contribution < -0.4 is 15.0 Å². The molecule has 138 valence electrons. The van der Waals surface area contributed by atoms with E-state index < -0.39 is 12.3 Å². The van der Waals surface area contributed by atoms with Crippen LogP contribution in [0.25, 0.3) is 0 Å². The number of rotatable bonds is 3. The van der Waals surface area contributed by atoms with Crippen molar-refractivity contribution in [3.63, 3.8) is 0 Å². The van der Waals surface area contributed by atoms with E-state index in [1.807, 2.05) is 17.9 Å². The van der Waals surface area contributed by atoms with Gasteiger partial charge in [-0.2, -0.15) is 5.26 Å². The fourth-order valence-electron chi connectivity index (χ4n) is 3.57. The van der Waals surface area contributed by atoms with Gasteiger partial charge in [-0.15, -0.1) is 0 Å². The molecule has 2 aromatic rings. The highest BCUT2D eigenvalue weighted by Gasteiger charge is 2.33. The zero-order chi connectivity index (χ0) is 19.0. The minimum atomic E-state index is -1.18. The summed E-state index contributed by atoms with van der Waals surface area (Å²) in [5.74, 6) is 1.12. The smallest absolute Gasteiger partial charge is 0.253 e. The van der Waals surface area contributed by atoms with Crippen LogP contribution in [0.1, 0.15) is 33.6 Å². The van der Waals surface area contributed by atoms with Crippen LogP contribution in [-0.4, -0.2) is 36.3 Å². The topological polar surface area (TPSA) is 78.2 Å². The average Bonchev–Trinajstić information content (AvgIpc) is 3.03. The lowest BCUT2D eigenvalue weighted by molar-refractivity contribution is 0.0818. The molecule has 0 spiro atoms. The Labute approximate surface area is 156 Å². The molecule has 2 aliphatic heterocycles. The molecule has 1 fully saturated rings. The third kappa shape index (κ3) is 3.31. The van der Waals surface area contributed by atoms with Crippen LogP contribution in [0.4, 0.5) is 10.2 Å². The summed E-state index contributed by atoms with van der Waals surface area (Å²) in [5.41, 5.74) is 2.66. The molecule has 2 aliphatic rings. The molecule has 4 rings (SSSR count). The summed E-state index contributed by atoms with van der Waals surface area (Å²) in [6.07, 6.45) is -1.24. The highest BCUT2D eigenvalue weighted by atomic mass is 19.1. The van der Waals surface area contributed by atoms with Crippen LogP contribution in [0.5, 0.6) is 5.75 Å². The summed E-state index contributed by atoms with van der Waals surface area (Å²) in [7, 11) is 0. The highest BCUT2D eigenvalue weighted by Crippen LogP contribution is 2.28. The number of pyridine rings is 1. The van der Waals surface area contributed by atoms with Gasteiger partial charge in [-0.05, 0) is 36.8 Å². The first kappa shape index (κ1) is 17.3. The van der Waals surface area contributed by atoms with Crippen LogP contribution in [-0.2, 0) is 6.54 Å². The standard InChI is InChI=1S/C20H19FN4O2/c1-12-7-15-17(10-23-20(15)26)24-19(12)25-6-5-18(16(21)11-25)27-14-4-2-3-13(8-14)9-22/h2-4,7-8,16,18H,5-6,10-11H2,1H3,(H,23,26)/t16-,18-/m0/s1. The number of alkyl halides is 1. The first-order chi connectivity index (χ1) is 13.0. The zero-order valence-corrected chi connectivity index (χ0v) is 14.9. The molecule has 1 aromatic heterocycles. The van der Waals surface area contributed by atoms with E-state index in [-0.39, 0.29) is 12.5 Å². The van der Waals surface area contributed by atoms with Gasteiger partial charge in [0.05, 0.1) is 36.0 Å². The number of halogens is 1. The Morgan fingerprint density at radius 3 is 3.04 bits per heavy atom. The molecule has 1 amide bonds. The monoisotopic (exact) mass is 366 g/mol. The largest absolute Gasteiger partial charge is 0.487 e. The predicted octanol–water partition coefficient (Wildman–Crippen LogP) is 2.50. The van der Waals surface area contributed by atoms with Crippen molar-refractivity contribution in [3.8, 4) is 11.8 Å². The molecule has 27 heavy (non-hydrogen) atoms. The Kier molecular flexibility index (Phi) is 4.40. The molecular weight excluding hydrogens is 347 g/mol. The summed E-state index contributed by atoms with van der Waals surface area (Å²) < 4.78 is 20.6. The van der Waals surface area contributed by atoms with Crippen molar-refractivity contribution in [1.29, 1.82) is 5.26 Å². The maximum atomic E-state index is 14.8. The molecule has 2 atom stereocenters. The maximum Gasteiger partial charge on any atom is 0.253 e. The second-order valence-corrected chi connectivity index (χ2v) is 6.85. The fourth-order valence-corrected chi connectivity index (χ4v) is 3.57. The molecule has 7 heteroatoms. The Morgan fingerprint density at radius 2 is 2.26 bits per heavy atom. The zero-order valence-electron chi connectivity index (χ0n) is 14.9. The number of nitrogens with one attached hydrogen (secondary N) is 1. The molecule has 3 heterocycles. The van der Waals surface area contributed by atoms with Crippen LogP contribution >= 0.6 is 0 Å². The van der Waals surface area contributed by atoms with E-state index in [1.54, 1.807) is 24.3 Å². The van der Waals surface area contributed by atoms with Crippen LogP contribution in [0.2, 0.25) is 0 Å². The number of anilines is 1. The maximum absolute atomic E-state index is 14.8. The average molecular weight is 366 g/mol. The summed E-state index contributed by atoms with van der Waals surface area (Å²) in [6, 6.07) is 10.6. The number of hydrogen-bond donors (Lipinski definition) is 1. The van der Waals surface area contributed by atoms with Gasteiger partial charge >= 0.3 is 0 Å². The Bertz CT molecular complexity index is 940. The number of ether oxygens (including phenoxy) is 1. The van der Waals surface area contributed by atoms with E-state index in [2.05, 4.69) is 16.4 Å². The number of nitriles is 1. The van der Waals surface area contributed by atoms with Gasteiger partial charge in [0.1, 0.15) is 17.7 Å². The Balaban J connectivity index is 1.47. The van der Waals surface area contributed by atoms with Gasteiger partial charge in [-0.25, -0.2) is 9.37 Å². The second-order valence-electron chi connectivity index (χ2n) is 6.85. The minimum absolute atomic E-state index is 0.109. The van der Waals surface area contributed by atoms with Crippen molar-refractivity contribution < 1.29 is 13.9 Å². The number of benzene rings is 1. The normalized spacial score (nSPS) is 21.4. The van der Waals surface area contributed by atoms with Crippen molar-refractivity contribution >= 4 is 11.7 Å². The number of piperidine rings is 1. The van der Waals surface area contributed by atoms with E-state index in [4.69, 9.17) is 10.00 Å². The number of aromatic nitrogens is 1. The highest BCUT2D eigenvalue weighted by molar-refractivity contribution is 5.98. The third-order valence-corrected chi connectivity index (χ3v) is 4.96. The molecule has 0 radical (unpaired) electrons. The van der Waals surface area contributed by atoms with Crippen LogP contribution in [0.3, 0.4) is 0 Å². The molecule has 1 N–H and O–H groups in total. The van der Waals surface area contributed by atoms with Crippen molar-refractivity contribution in [2.24, 2.45) is 0 Å². The summed E-state index contributed by atoms with van der Waals surface area (Å²) in [4.78, 5) is 18.3. The first-order valence-corrected chi connectivity index (χ1v) is 8.89. The van der Waals surface area contributed by atoms with Gasteiger partial charge in [0.2, 0.25) is 0 Å². The Hall–Kier alpha value is -3.14. The molecule has 0 aliphatic carbocycles. The molecule has 0 saturated carbocycles. The summed E-state index contributed by atoms with van der Waals surface area (Å²) in [5, 5.41) is 11.7. The lowest BCUT2D eigenvalue weighted by Crippen LogP contribution is -2.47. The van der Waals surface area contributed by atoms with E-state index in [0.29, 0.717) is 42.1 Å². The predicted molar refractivity (Wildman–Crippen MR) is 97.4 cm³/mol. The third-order valence-electron chi connectivity index (χ3n) is 4.96.